The van der Waals surface area contributed by atoms with Gasteiger partial charge in [0.15, 0.2) is 0 Å². The molecule has 0 spiro atoms. The molecule has 0 radical (unpaired) electrons. The van der Waals surface area contributed by atoms with Crippen LogP contribution < -0.4 is 10.6 Å². The predicted molar refractivity (Wildman–Crippen MR) is 55.8 cm³/mol. The Morgan fingerprint density at radius 3 is 2.77 bits per heavy atom. The van der Waals surface area contributed by atoms with Crippen LogP contribution in [0, 0.1) is 11.3 Å². The highest BCUT2D eigenvalue weighted by Crippen LogP contribution is 2.43. The van der Waals surface area contributed by atoms with E-state index >= 15 is 0 Å². The molecule has 2 atom stereocenters. The Morgan fingerprint density at radius 2 is 2.23 bits per heavy atom. The molecule has 1 saturated carbocycles. The van der Waals surface area contributed by atoms with Gasteiger partial charge in [0.2, 0.25) is 0 Å². The van der Waals surface area contributed by atoms with Crippen molar-refractivity contribution in [2.75, 3.05) is 19.6 Å². The summed E-state index contributed by atoms with van der Waals surface area (Å²) in [5.74, 6) is 0.861. The first kappa shape index (κ1) is 9.47. The Kier molecular flexibility index (Phi) is 2.61. The standard InChI is InChI=1S/C11H22N2/c1-9-3-6-13-10(9)7-12-8-11(2)4-5-11/h9-10,12-13H,3-8H2,1-2H3. The molecule has 2 unspecified atom stereocenters. The predicted octanol–water partition coefficient (Wildman–Crippen LogP) is 1.37. The second-order valence-electron chi connectivity index (χ2n) is 5.27. The second-order valence-corrected chi connectivity index (χ2v) is 5.27. The van der Waals surface area contributed by atoms with Gasteiger partial charge in [-0.2, -0.15) is 0 Å². The summed E-state index contributed by atoms with van der Waals surface area (Å²) >= 11 is 0. The molecular weight excluding hydrogens is 160 g/mol. The third-order valence-electron chi connectivity index (χ3n) is 3.71. The van der Waals surface area contributed by atoms with Gasteiger partial charge in [0.25, 0.3) is 0 Å². The summed E-state index contributed by atoms with van der Waals surface area (Å²) in [7, 11) is 0. The first-order valence-electron chi connectivity index (χ1n) is 5.64. The molecule has 0 aromatic rings. The number of hydrogen-bond donors (Lipinski definition) is 2. The molecule has 13 heavy (non-hydrogen) atoms. The van der Waals surface area contributed by atoms with Crippen LogP contribution in [0.3, 0.4) is 0 Å². The maximum Gasteiger partial charge on any atom is 0.0218 e. The van der Waals surface area contributed by atoms with E-state index in [0.29, 0.717) is 5.41 Å². The van der Waals surface area contributed by atoms with Gasteiger partial charge in [-0.3, -0.25) is 0 Å². The Morgan fingerprint density at radius 1 is 1.46 bits per heavy atom. The van der Waals surface area contributed by atoms with Crippen molar-refractivity contribution in [1.29, 1.82) is 0 Å². The van der Waals surface area contributed by atoms with Crippen molar-refractivity contribution in [1.82, 2.24) is 10.6 Å². The van der Waals surface area contributed by atoms with Crippen LogP contribution in [0.15, 0.2) is 0 Å². The van der Waals surface area contributed by atoms with E-state index in [4.69, 9.17) is 0 Å². The highest BCUT2D eigenvalue weighted by atomic mass is 15.0. The highest BCUT2D eigenvalue weighted by molar-refractivity contribution is 4.91. The molecule has 76 valence electrons. The van der Waals surface area contributed by atoms with Crippen molar-refractivity contribution in [3.63, 3.8) is 0 Å². The van der Waals surface area contributed by atoms with E-state index in [-0.39, 0.29) is 0 Å². The van der Waals surface area contributed by atoms with Crippen LogP contribution in [-0.4, -0.2) is 25.7 Å². The summed E-state index contributed by atoms with van der Waals surface area (Å²) in [5.41, 5.74) is 0.655. The fourth-order valence-electron chi connectivity index (χ4n) is 2.09. The molecule has 2 aliphatic rings. The molecule has 2 nitrogen and oxygen atoms in total. The summed E-state index contributed by atoms with van der Waals surface area (Å²) in [6, 6.07) is 0.724. The van der Waals surface area contributed by atoms with Crippen LogP contribution in [0.5, 0.6) is 0 Å². The Bertz CT molecular complexity index is 175. The van der Waals surface area contributed by atoms with Gasteiger partial charge < -0.3 is 10.6 Å². The van der Waals surface area contributed by atoms with Crippen molar-refractivity contribution in [3.8, 4) is 0 Å². The van der Waals surface area contributed by atoms with Gasteiger partial charge in [-0.15, -0.1) is 0 Å². The van der Waals surface area contributed by atoms with E-state index in [1.165, 1.54) is 32.4 Å². The van der Waals surface area contributed by atoms with Crippen LogP contribution in [0.4, 0.5) is 0 Å². The monoisotopic (exact) mass is 182 g/mol. The van der Waals surface area contributed by atoms with E-state index in [9.17, 15) is 0 Å². The average molecular weight is 182 g/mol. The van der Waals surface area contributed by atoms with Gasteiger partial charge in [0.1, 0.15) is 0 Å². The Labute approximate surface area is 81.5 Å². The lowest BCUT2D eigenvalue weighted by molar-refractivity contribution is 0.417. The lowest BCUT2D eigenvalue weighted by Gasteiger charge is -2.18. The summed E-state index contributed by atoms with van der Waals surface area (Å²) in [6.07, 6.45) is 4.20. The zero-order valence-corrected chi connectivity index (χ0v) is 8.90. The van der Waals surface area contributed by atoms with Gasteiger partial charge in [-0.25, -0.2) is 0 Å². The number of hydrogen-bond acceptors (Lipinski definition) is 2. The quantitative estimate of drug-likeness (QED) is 0.686. The minimum absolute atomic E-state index is 0.655. The van der Waals surface area contributed by atoms with Crippen molar-refractivity contribution in [2.24, 2.45) is 11.3 Å². The highest BCUT2D eigenvalue weighted by Gasteiger charge is 2.36. The van der Waals surface area contributed by atoms with Gasteiger partial charge >= 0.3 is 0 Å². The van der Waals surface area contributed by atoms with Gasteiger partial charge in [-0.05, 0) is 37.1 Å². The first-order chi connectivity index (χ1) is 6.20. The van der Waals surface area contributed by atoms with Crippen LogP contribution in [-0.2, 0) is 0 Å². The second kappa shape index (κ2) is 3.58. The van der Waals surface area contributed by atoms with Crippen molar-refractivity contribution >= 4 is 0 Å². The zero-order chi connectivity index (χ0) is 9.31. The van der Waals surface area contributed by atoms with Crippen LogP contribution in [0.2, 0.25) is 0 Å². The van der Waals surface area contributed by atoms with E-state index in [2.05, 4.69) is 24.5 Å². The molecule has 2 heteroatoms. The maximum absolute atomic E-state index is 3.60. The van der Waals surface area contributed by atoms with Crippen molar-refractivity contribution in [2.45, 2.75) is 39.2 Å². The molecule has 0 bridgehead atoms. The molecule has 0 aromatic carbocycles. The SMILES string of the molecule is CC1CCNC1CNCC1(C)CC1. The van der Waals surface area contributed by atoms with Gasteiger partial charge in [-0.1, -0.05) is 13.8 Å². The molecule has 0 aromatic heterocycles. The van der Waals surface area contributed by atoms with Crippen LogP contribution in [0.1, 0.15) is 33.1 Å². The van der Waals surface area contributed by atoms with Crippen LogP contribution >= 0.6 is 0 Å². The molecule has 0 amide bonds. The van der Waals surface area contributed by atoms with E-state index < -0.39 is 0 Å². The first-order valence-corrected chi connectivity index (χ1v) is 5.64. The smallest absolute Gasteiger partial charge is 0.0218 e. The topological polar surface area (TPSA) is 24.1 Å². The zero-order valence-electron chi connectivity index (χ0n) is 8.90. The molecule has 2 N–H and O–H groups in total. The molecule has 2 rings (SSSR count). The number of rotatable bonds is 4. The Hall–Kier alpha value is -0.0800. The van der Waals surface area contributed by atoms with Crippen LogP contribution in [0.25, 0.3) is 0 Å². The largest absolute Gasteiger partial charge is 0.315 e. The summed E-state index contributed by atoms with van der Waals surface area (Å²) < 4.78 is 0. The summed E-state index contributed by atoms with van der Waals surface area (Å²) in [6.45, 7) is 8.33. The molecular formula is C11H22N2. The van der Waals surface area contributed by atoms with E-state index in [1.54, 1.807) is 0 Å². The number of nitrogens with one attached hydrogen (secondary N) is 2. The van der Waals surface area contributed by atoms with Crippen molar-refractivity contribution < 1.29 is 0 Å². The Balaban J connectivity index is 1.62. The summed E-state index contributed by atoms with van der Waals surface area (Å²) in [5, 5.41) is 7.15. The minimum atomic E-state index is 0.655. The van der Waals surface area contributed by atoms with E-state index in [0.717, 1.165) is 18.5 Å². The fraction of sp³-hybridized carbons (Fsp3) is 1.00. The molecule has 1 saturated heterocycles. The van der Waals surface area contributed by atoms with Gasteiger partial charge in [0, 0.05) is 19.1 Å². The molecule has 1 aliphatic carbocycles. The minimum Gasteiger partial charge on any atom is -0.315 e. The fourth-order valence-corrected chi connectivity index (χ4v) is 2.09. The van der Waals surface area contributed by atoms with E-state index in [1.807, 2.05) is 0 Å². The maximum atomic E-state index is 3.60. The lowest BCUT2D eigenvalue weighted by atomic mass is 10.0. The molecule has 1 aliphatic heterocycles. The molecule has 2 fully saturated rings. The summed E-state index contributed by atoms with van der Waals surface area (Å²) in [4.78, 5) is 0. The lowest BCUT2D eigenvalue weighted by Crippen LogP contribution is -2.38. The van der Waals surface area contributed by atoms with Crippen molar-refractivity contribution in [3.05, 3.63) is 0 Å². The average Bonchev–Trinajstić information content (AvgIpc) is 2.68. The molecule has 1 heterocycles. The third-order valence-corrected chi connectivity index (χ3v) is 3.71. The normalized spacial score (nSPS) is 36.5. The van der Waals surface area contributed by atoms with Gasteiger partial charge in [0.05, 0.1) is 0 Å². The third kappa shape index (κ3) is 2.44.